The van der Waals surface area contributed by atoms with Crippen molar-refractivity contribution in [2.75, 3.05) is 0 Å². The lowest BCUT2D eigenvalue weighted by atomic mass is 10.1. The molecule has 0 atom stereocenters. The molecule has 2 aromatic rings. The third-order valence-electron chi connectivity index (χ3n) is 4.81. The highest BCUT2D eigenvalue weighted by Crippen LogP contribution is 2.31. The minimum absolute atomic E-state index is 0.111. The Hall–Kier alpha value is -2.17. The number of pyridine rings is 1. The Kier molecular flexibility index (Phi) is 4.69. The van der Waals surface area contributed by atoms with Crippen molar-refractivity contribution < 1.29 is 4.79 Å². The summed E-state index contributed by atoms with van der Waals surface area (Å²) in [6, 6.07) is 4.14. The number of rotatable bonds is 6. The van der Waals surface area contributed by atoms with Gasteiger partial charge in [-0.3, -0.25) is 14.5 Å². The molecule has 0 radical (unpaired) electrons. The van der Waals surface area contributed by atoms with Gasteiger partial charge in [0.25, 0.3) is 5.91 Å². The number of aromatic nitrogens is 3. The molecule has 5 heteroatoms. The maximum atomic E-state index is 13.1. The first kappa shape index (κ1) is 16.7. The van der Waals surface area contributed by atoms with Crippen LogP contribution in [0.1, 0.15) is 59.2 Å². The topological polar surface area (TPSA) is 51.0 Å². The van der Waals surface area contributed by atoms with E-state index < -0.39 is 0 Å². The van der Waals surface area contributed by atoms with Crippen molar-refractivity contribution in [3.63, 3.8) is 0 Å². The average molecular weight is 326 g/mol. The minimum Gasteiger partial charge on any atom is -0.331 e. The molecule has 1 fully saturated rings. The summed E-state index contributed by atoms with van der Waals surface area (Å²) in [4.78, 5) is 19.5. The Balaban J connectivity index is 1.85. The van der Waals surface area contributed by atoms with Crippen LogP contribution in [0.25, 0.3) is 0 Å². The SMILES string of the molecule is CCCc1cc(C(=O)N(Cc2c(C)nn(C)c2C)C2CC2)ccn1. The third kappa shape index (κ3) is 3.35. The van der Waals surface area contributed by atoms with E-state index >= 15 is 0 Å². The van der Waals surface area contributed by atoms with Gasteiger partial charge in [0.15, 0.2) is 0 Å². The van der Waals surface area contributed by atoms with Gasteiger partial charge in [0.05, 0.1) is 5.69 Å². The second-order valence-electron chi connectivity index (χ2n) is 6.72. The molecule has 0 saturated heterocycles. The largest absolute Gasteiger partial charge is 0.331 e. The highest BCUT2D eigenvalue weighted by atomic mass is 16.2. The van der Waals surface area contributed by atoms with Gasteiger partial charge in [-0.1, -0.05) is 13.3 Å². The summed E-state index contributed by atoms with van der Waals surface area (Å²) in [5, 5.41) is 4.48. The van der Waals surface area contributed by atoms with Crippen molar-refractivity contribution in [3.8, 4) is 0 Å². The number of hydrogen-bond acceptors (Lipinski definition) is 3. The van der Waals surface area contributed by atoms with Gasteiger partial charge in [-0.2, -0.15) is 5.10 Å². The predicted octanol–water partition coefficient (Wildman–Crippen LogP) is 3.19. The van der Waals surface area contributed by atoms with E-state index in [1.165, 1.54) is 5.56 Å². The van der Waals surface area contributed by atoms with Crippen LogP contribution in [0.4, 0.5) is 0 Å². The first-order chi connectivity index (χ1) is 11.5. The van der Waals surface area contributed by atoms with Crippen LogP contribution in [0.5, 0.6) is 0 Å². The van der Waals surface area contributed by atoms with Crippen molar-refractivity contribution in [2.45, 2.75) is 59.0 Å². The van der Waals surface area contributed by atoms with Crippen LogP contribution in [-0.4, -0.2) is 31.6 Å². The summed E-state index contributed by atoms with van der Waals surface area (Å²) in [5.41, 5.74) is 5.05. The Morgan fingerprint density at radius 3 is 2.71 bits per heavy atom. The first-order valence-electron chi connectivity index (χ1n) is 8.76. The molecule has 0 bridgehead atoms. The number of aryl methyl sites for hydroxylation is 3. The van der Waals surface area contributed by atoms with E-state index in [4.69, 9.17) is 0 Å². The van der Waals surface area contributed by atoms with Crippen LogP contribution >= 0.6 is 0 Å². The molecule has 1 saturated carbocycles. The second kappa shape index (κ2) is 6.75. The van der Waals surface area contributed by atoms with Crippen LogP contribution in [-0.2, 0) is 20.0 Å². The molecule has 5 nitrogen and oxygen atoms in total. The van der Waals surface area contributed by atoms with E-state index in [2.05, 4.69) is 23.9 Å². The van der Waals surface area contributed by atoms with Crippen LogP contribution < -0.4 is 0 Å². The van der Waals surface area contributed by atoms with Crippen LogP contribution in [0.2, 0.25) is 0 Å². The predicted molar refractivity (Wildman–Crippen MR) is 93.8 cm³/mol. The van der Waals surface area contributed by atoms with Gasteiger partial charge in [-0.25, -0.2) is 0 Å². The summed E-state index contributed by atoms with van der Waals surface area (Å²) in [6.45, 7) is 6.85. The molecule has 1 amide bonds. The monoisotopic (exact) mass is 326 g/mol. The molecule has 128 valence electrons. The maximum absolute atomic E-state index is 13.1. The van der Waals surface area contributed by atoms with Crippen molar-refractivity contribution in [1.82, 2.24) is 19.7 Å². The Morgan fingerprint density at radius 2 is 2.12 bits per heavy atom. The molecule has 3 rings (SSSR count). The first-order valence-corrected chi connectivity index (χ1v) is 8.76. The zero-order valence-electron chi connectivity index (χ0n) is 15.0. The van der Waals surface area contributed by atoms with Crippen LogP contribution in [0.15, 0.2) is 18.3 Å². The molecule has 24 heavy (non-hydrogen) atoms. The van der Waals surface area contributed by atoms with Gasteiger partial charge in [-0.15, -0.1) is 0 Å². The van der Waals surface area contributed by atoms with Crippen molar-refractivity contribution >= 4 is 5.91 Å². The van der Waals surface area contributed by atoms with Crippen molar-refractivity contribution in [2.24, 2.45) is 7.05 Å². The van der Waals surface area contributed by atoms with Gasteiger partial charge in [0.2, 0.25) is 0 Å². The number of carbonyl (C=O) groups is 1. The van der Waals surface area contributed by atoms with E-state index in [1.54, 1.807) is 6.20 Å². The lowest BCUT2D eigenvalue weighted by Crippen LogP contribution is -2.33. The minimum atomic E-state index is 0.111. The quantitative estimate of drug-likeness (QED) is 0.819. The van der Waals surface area contributed by atoms with Gasteiger partial charge >= 0.3 is 0 Å². The van der Waals surface area contributed by atoms with Crippen LogP contribution in [0, 0.1) is 13.8 Å². The molecule has 0 aromatic carbocycles. The average Bonchev–Trinajstić information content (AvgIpc) is 3.36. The lowest BCUT2D eigenvalue weighted by Gasteiger charge is -2.23. The van der Waals surface area contributed by atoms with Gasteiger partial charge in [-0.05, 0) is 45.2 Å². The van der Waals surface area contributed by atoms with E-state index in [0.29, 0.717) is 12.6 Å². The van der Waals surface area contributed by atoms with E-state index in [-0.39, 0.29) is 5.91 Å². The maximum Gasteiger partial charge on any atom is 0.254 e. The van der Waals surface area contributed by atoms with Crippen molar-refractivity contribution in [1.29, 1.82) is 0 Å². The number of amides is 1. The molecule has 1 aliphatic rings. The summed E-state index contributed by atoms with van der Waals surface area (Å²) in [6.07, 6.45) is 5.88. The zero-order chi connectivity index (χ0) is 17.3. The van der Waals surface area contributed by atoms with E-state index in [9.17, 15) is 4.79 Å². The fourth-order valence-corrected chi connectivity index (χ4v) is 3.14. The summed E-state index contributed by atoms with van der Waals surface area (Å²) in [7, 11) is 1.95. The molecule has 2 aromatic heterocycles. The number of hydrogen-bond donors (Lipinski definition) is 0. The molecule has 0 spiro atoms. The smallest absolute Gasteiger partial charge is 0.254 e. The van der Waals surface area contributed by atoms with Gasteiger partial charge < -0.3 is 4.90 Å². The van der Waals surface area contributed by atoms with Gasteiger partial charge in [0, 0.05) is 48.3 Å². The lowest BCUT2D eigenvalue weighted by molar-refractivity contribution is 0.0729. The van der Waals surface area contributed by atoms with E-state index in [0.717, 1.165) is 48.3 Å². The summed E-state index contributed by atoms with van der Waals surface area (Å²) in [5.74, 6) is 0.111. The number of nitrogens with zero attached hydrogens (tertiary/aromatic N) is 4. The fraction of sp³-hybridized carbons (Fsp3) is 0.526. The standard InChI is InChI=1S/C19H26N4O/c1-5-6-16-11-15(9-10-20-16)19(24)23(17-7-8-17)12-18-13(2)21-22(4)14(18)3/h9-11,17H,5-8,12H2,1-4H3. The Bertz CT molecular complexity index is 746. The molecular weight excluding hydrogens is 300 g/mol. The zero-order valence-corrected chi connectivity index (χ0v) is 15.0. The summed E-state index contributed by atoms with van der Waals surface area (Å²) >= 11 is 0. The van der Waals surface area contributed by atoms with Gasteiger partial charge in [0.1, 0.15) is 0 Å². The molecule has 0 N–H and O–H groups in total. The summed E-state index contributed by atoms with van der Waals surface area (Å²) < 4.78 is 1.89. The number of carbonyl (C=O) groups excluding carboxylic acids is 1. The normalized spacial score (nSPS) is 14.0. The van der Waals surface area contributed by atoms with Crippen molar-refractivity contribution in [3.05, 3.63) is 46.5 Å². The molecular formula is C19H26N4O. The second-order valence-corrected chi connectivity index (χ2v) is 6.72. The highest BCUT2D eigenvalue weighted by Gasteiger charge is 2.34. The fourth-order valence-electron chi connectivity index (χ4n) is 3.14. The molecule has 1 aliphatic carbocycles. The Labute approximate surface area is 143 Å². The Morgan fingerprint density at radius 1 is 1.38 bits per heavy atom. The van der Waals surface area contributed by atoms with Crippen LogP contribution in [0.3, 0.4) is 0 Å². The molecule has 2 heterocycles. The van der Waals surface area contributed by atoms with E-state index in [1.807, 2.05) is 35.7 Å². The molecule has 0 unspecified atom stereocenters. The third-order valence-corrected chi connectivity index (χ3v) is 4.81. The molecule has 0 aliphatic heterocycles. The highest BCUT2D eigenvalue weighted by molar-refractivity contribution is 5.94.